The Morgan fingerprint density at radius 2 is 1.07 bits per heavy atom. The van der Waals surface area contributed by atoms with Crippen LogP contribution in [0.15, 0.2) is 77.7 Å². The molecule has 2 unspecified atom stereocenters. The minimum Gasteiger partial charge on any atom is -0.496 e. The Labute approximate surface area is 418 Å². The van der Waals surface area contributed by atoms with Crippen molar-refractivity contribution >= 4 is 32.8 Å². The lowest BCUT2D eigenvalue weighted by Crippen LogP contribution is -2.49. The van der Waals surface area contributed by atoms with Gasteiger partial charge in [-0.15, -0.1) is 0 Å². The van der Waals surface area contributed by atoms with Gasteiger partial charge in [0.1, 0.15) is 88.0 Å². The third kappa shape index (κ3) is 8.30. The molecule has 6 aliphatic rings. The molecule has 380 valence electrons. The van der Waals surface area contributed by atoms with Crippen molar-refractivity contribution in [2.45, 2.75) is 101 Å². The maximum atomic E-state index is 13.2. The number of hydrogen-bond donors (Lipinski definition) is 3. The molecule has 16 nitrogen and oxygen atoms in total. The van der Waals surface area contributed by atoms with Crippen LogP contribution in [0.5, 0.6) is 46.0 Å². The fourth-order valence-corrected chi connectivity index (χ4v) is 11.3. The number of aryl methyl sites for hydroxylation is 1. The minimum absolute atomic E-state index is 0.0862. The van der Waals surface area contributed by atoms with Crippen LogP contribution in [-0.2, 0) is 49.8 Å². The van der Waals surface area contributed by atoms with Crippen molar-refractivity contribution in [2.24, 2.45) is 0 Å². The fourth-order valence-electron chi connectivity index (χ4n) is 10.1. The van der Waals surface area contributed by atoms with E-state index in [0.717, 1.165) is 39.0 Å². The molecule has 6 aliphatic heterocycles. The van der Waals surface area contributed by atoms with E-state index in [0.29, 0.717) is 92.8 Å². The van der Waals surface area contributed by atoms with Crippen LogP contribution >= 0.6 is 0 Å². The molecule has 0 saturated carbocycles. The van der Waals surface area contributed by atoms with Crippen LogP contribution in [0.25, 0.3) is 22.7 Å². The van der Waals surface area contributed by atoms with Crippen molar-refractivity contribution in [3.8, 4) is 46.0 Å². The largest absolute Gasteiger partial charge is 0.496 e. The molecule has 0 radical (unpaired) electrons. The van der Waals surface area contributed by atoms with E-state index < -0.39 is 45.7 Å². The van der Waals surface area contributed by atoms with Gasteiger partial charge in [-0.3, -0.25) is 4.18 Å². The topological polar surface area (TPSA) is 196 Å². The number of ether oxygens (including phenoxy) is 10. The first-order chi connectivity index (χ1) is 34.4. The highest BCUT2D eigenvalue weighted by Crippen LogP contribution is 2.53. The Morgan fingerprint density at radius 1 is 0.597 bits per heavy atom. The third-order valence-electron chi connectivity index (χ3n) is 14.1. The maximum Gasteiger partial charge on any atom is 0.297 e. The first-order valence-electron chi connectivity index (χ1n) is 23.6. The zero-order valence-electron chi connectivity index (χ0n) is 41.5. The van der Waals surface area contributed by atoms with Crippen molar-refractivity contribution < 1.29 is 75.3 Å². The Morgan fingerprint density at radius 3 is 1.53 bits per heavy atom. The van der Waals surface area contributed by atoms with E-state index in [9.17, 15) is 23.7 Å². The molecule has 11 rings (SSSR count). The summed E-state index contributed by atoms with van der Waals surface area (Å²) in [5.41, 5.74) is 6.87. The minimum atomic E-state index is -4.06. The number of rotatable bonds is 9. The number of methoxy groups -OCH3 is 4. The summed E-state index contributed by atoms with van der Waals surface area (Å²) >= 11 is 0. The van der Waals surface area contributed by atoms with Crippen molar-refractivity contribution in [1.82, 2.24) is 0 Å². The maximum absolute atomic E-state index is 13.2. The van der Waals surface area contributed by atoms with Crippen LogP contribution in [0.4, 0.5) is 0 Å². The second-order valence-electron chi connectivity index (χ2n) is 19.4. The quantitative estimate of drug-likeness (QED) is 0.122. The Bertz CT molecular complexity index is 3150. The van der Waals surface area contributed by atoms with Gasteiger partial charge in [0, 0.05) is 57.4 Å². The van der Waals surface area contributed by atoms with Crippen molar-refractivity contribution in [3.05, 3.63) is 123 Å². The number of fused-ring (bicyclic) bond motifs is 12. The van der Waals surface area contributed by atoms with Crippen LogP contribution in [0.1, 0.15) is 77.8 Å². The highest BCUT2D eigenvalue weighted by molar-refractivity contribution is 7.86. The van der Waals surface area contributed by atoms with Crippen molar-refractivity contribution in [3.63, 3.8) is 0 Å². The summed E-state index contributed by atoms with van der Waals surface area (Å²) in [7, 11) is 2.29. The SMILES string of the molecule is COC1=C2c3cc(OC)c(CO)cc3OC[C@H]2Oc2c1ccc1c2CC(O)C(C)(C)O1.COC1=C2c3cc(OC)c(CO)cc3OC[C@H]2Oc2c1ccc1c2CC(OS(=O)(=O)c2ccc(C)cc2)C(C)(C)O1. The number of aliphatic hydroxyl groups excluding tert-OH is 3. The Kier molecular flexibility index (Phi) is 12.5. The van der Waals surface area contributed by atoms with Crippen molar-refractivity contribution in [2.75, 3.05) is 41.7 Å². The average molecular weight is 1010 g/mol. The summed E-state index contributed by atoms with van der Waals surface area (Å²) in [4.78, 5) is 0.0862. The number of benzene rings is 5. The summed E-state index contributed by atoms with van der Waals surface area (Å²) in [6, 6.07) is 21.3. The molecule has 0 aliphatic carbocycles. The molecule has 6 heterocycles. The molecule has 0 amide bonds. The van der Waals surface area contributed by atoms with Gasteiger partial charge >= 0.3 is 0 Å². The first-order valence-corrected chi connectivity index (χ1v) is 25.0. The highest BCUT2D eigenvalue weighted by Gasteiger charge is 2.46. The number of hydrogen-bond acceptors (Lipinski definition) is 16. The molecule has 5 aromatic rings. The molecular weight excluding hydrogens is 949 g/mol. The summed E-state index contributed by atoms with van der Waals surface area (Å²) in [5, 5.41) is 30.0. The second kappa shape index (κ2) is 18.4. The number of aliphatic hydroxyl groups is 3. The van der Waals surface area contributed by atoms with E-state index in [1.807, 2.05) is 71.0 Å². The Balaban J connectivity index is 0.000000172. The lowest BCUT2D eigenvalue weighted by Gasteiger charge is -2.41. The fraction of sp³-hybridized carbons (Fsp3) is 0.382. The van der Waals surface area contributed by atoms with Crippen molar-refractivity contribution in [1.29, 1.82) is 0 Å². The van der Waals surface area contributed by atoms with Gasteiger partial charge in [-0.1, -0.05) is 17.7 Å². The first kappa shape index (κ1) is 49.0. The third-order valence-corrected chi connectivity index (χ3v) is 15.5. The van der Waals surface area contributed by atoms with E-state index in [1.165, 1.54) is 12.1 Å². The van der Waals surface area contributed by atoms with Crippen LogP contribution < -0.4 is 37.9 Å². The van der Waals surface area contributed by atoms with E-state index >= 15 is 0 Å². The molecule has 72 heavy (non-hydrogen) atoms. The molecule has 0 spiro atoms. The standard InChI is InChI=1S/C31H32O9S.C24H26O7/c1-17-6-8-19(9-7-17)41(33,34)40-27-14-22-23(39-31(27,2)3)11-10-20-29(22)38-26-16-37-25-12-18(15-32)24(35-4)13-21(25)28(26)30(20)36-5;1-24(2)20(26)9-15-16(31-24)6-5-13-22(15)30-19-11-29-18-7-12(10-25)17(27-3)8-14(18)21(19)23(13)28-4/h6-13,26-27,32H,14-16H2,1-5H3;5-8,19-20,25-26H,9-11H2,1-4H3/t26-,27?;19-,20?/m11/s1. The molecule has 0 fully saturated rings. The lowest BCUT2D eigenvalue weighted by atomic mass is 9.86. The van der Waals surface area contributed by atoms with Crippen LogP contribution in [0, 0.1) is 6.92 Å². The average Bonchev–Trinajstić information content (AvgIpc) is 3.36. The zero-order valence-corrected chi connectivity index (χ0v) is 42.4. The van der Waals surface area contributed by atoms with Gasteiger partial charge in [-0.05, 0) is 95.3 Å². The van der Waals surface area contributed by atoms with Gasteiger partial charge in [0.15, 0.2) is 12.2 Å². The second-order valence-corrected chi connectivity index (χ2v) is 21.0. The van der Waals surface area contributed by atoms with E-state index in [2.05, 4.69) is 0 Å². The normalized spacial score (nSPS) is 21.3. The predicted molar refractivity (Wildman–Crippen MR) is 264 cm³/mol. The molecular formula is C55H58O16S. The zero-order chi connectivity index (χ0) is 51.0. The van der Waals surface area contributed by atoms with Gasteiger partial charge in [-0.2, -0.15) is 8.42 Å². The summed E-state index contributed by atoms with van der Waals surface area (Å²) < 4.78 is 92.5. The van der Waals surface area contributed by atoms with Gasteiger partial charge in [0.05, 0.1) is 63.8 Å². The lowest BCUT2D eigenvalue weighted by molar-refractivity contribution is -0.0421. The van der Waals surface area contributed by atoms with Gasteiger partial charge < -0.3 is 62.7 Å². The summed E-state index contributed by atoms with van der Waals surface area (Å²) in [6.45, 7) is 9.43. The van der Waals surface area contributed by atoms with Crippen LogP contribution in [0.3, 0.4) is 0 Å². The van der Waals surface area contributed by atoms with E-state index in [-0.39, 0.29) is 31.1 Å². The van der Waals surface area contributed by atoms with Gasteiger partial charge in [0.2, 0.25) is 0 Å². The monoisotopic (exact) mass is 1010 g/mol. The summed E-state index contributed by atoms with van der Waals surface area (Å²) in [6.07, 6.45) is -1.71. The smallest absolute Gasteiger partial charge is 0.297 e. The van der Waals surface area contributed by atoms with E-state index in [1.54, 1.807) is 52.7 Å². The highest BCUT2D eigenvalue weighted by atomic mass is 32.2. The molecule has 0 aromatic heterocycles. The molecule has 5 aromatic carbocycles. The van der Waals surface area contributed by atoms with Gasteiger partial charge in [0.25, 0.3) is 10.1 Å². The molecule has 17 heteroatoms. The molecule has 0 saturated heterocycles. The van der Waals surface area contributed by atoms with E-state index in [4.69, 9.17) is 51.6 Å². The van der Waals surface area contributed by atoms with Crippen LogP contribution in [0.2, 0.25) is 0 Å². The van der Waals surface area contributed by atoms with Crippen LogP contribution in [-0.4, -0.2) is 101 Å². The van der Waals surface area contributed by atoms with Gasteiger partial charge in [-0.25, -0.2) is 0 Å². The molecule has 4 atom stereocenters. The molecule has 0 bridgehead atoms. The predicted octanol–water partition coefficient (Wildman–Crippen LogP) is 7.58. The molecule has 3 N–H and O–H groups in total. The Hall–Kier alpha value is -6.63. The summed E-state index contributed by atoms with van der Waals surface area (Å²) in [5.74, 6) is 6.14.